The molecule has 0 aliphatic heterocycles. The zero-order chi connectivity index (χ0) is 18.7. The number of fused-ring (bicyclic) bond motifs is 1. The highest BCUT2D eigenvalue weighted by molar-refractivity contribution is 7.99. The first kappa shape index (κ1) is 18.0. The SMILES string of the molecule is CCSc1ncc2c(=O)n(CC(=O)Nc3ccc(C)c(F)c3)cnc2n1. The molecule has 3 aromatic rings. The van der Waals surface area contributed by atoms with Crippen molar-refractivity contribution in [2.24, 2.45) is 0 Å². The summed E-state index contributed by atoms with van der Waals surface area (Å²) in [6.07, 6.45) is 2.69. The number of halogens is 1. The zero-order valence-electron chi connectivity index (χ0n) is 14.2. The van der Waals surface area contributed by atoms with Gasteiger partial charge in [0.05, 0.1) is 0 Å². The molecule has 0 aliphatic carbocycles. The third-order valence-corrected chi connectivity index (χ3v) is 4.34. The van der Waals surface area contributed by atoms with Gasteiger partial charge in [-0.2, -0.15) is 0 Å². The van der Waals surface area contributed by atoms with E-state index < -0.39 is 17.3 Å². The van der Waals surface area contributed by atoms with Crippen LogP contribution in [-0.2, 0) is 11.3 Å². The fourth-order valence-corrected chi connectivity index (χ4v) is 2.81. The summed E-state index contributed by atoms with van der Waals surface area (Å²) in [6.45, 7) is 3.36. The van der Waals surface area contributed by atoms with E-state index in [-0.39, 0.29) is 11.9 Å². The van der Waals surface area contributed by atoms with Crippen molar-refractivity contribution in [3.63, 3.8) is 0 Å². The van der Waals surface area contributed by atoms with Crippen LogP contribution < -0.4 is 10.9 Å². The van der Waals surface area contributed by atoms with E-state index in [1.807, 2.05) is 6.92 Å². The Morgan fingerprint density at radius 3 is 2.88 bits per heavy atom. The largest absolute Gasteiger partial charge is 0.324 e. The van der Waals surface area contributed by atoms with E-state index >= 15 is 0 Å². The molecule has 0 bridgehead atoms. The molecule has 0 aliphatic rings. The topological polar surface area (TPSA) is 89.8 Å². The number of carbonyl (C=O) groups excluding carboxylic acids is 1. The van der Waals surface area contributed by atoms with Crippen molar-refractivity contribution in [2.75, 3.05) is 11.1 Å². The van der Waals surface area contributed by atoms with E-state index in [2.05, 4.69) is 20.3 Å². The van der Waals surface area contributed by atoms with Crippen LogP contribution in [0.15, 0.2) is 40.7 Å². The number of rotatable bonds is 5. The monoisotopic (exact) mass is 373 g/mol. The van der Waals surface area contributed by atoms with E-state index in [0.29, 0.717) is 22.1 Å². The molecule has 0 radical (unpaired) electrons. The first-order chi connectivity index (χ1) is 12.5. The van der Waals surface area contributed by atoms with Crippen LogP contribution in [0.2, 0.25) is 0 Å². The molecular weight excluding hydrogens is 357 g/mol. The van der Waals surface area contributed by atoms with Gasteiger partial charge in [0.25, 0.3) is 5.56 Å². The van der Waals surface area contributed by atoms with Gasteiger partial charge >= 0.3 is 0 Å². The number of thioether (sulfide) groups is 1. The Morgan fingerprint density at radius 1 is 1.35 bits per heavy atom. The van der Waals surface area contributed by atoms with Gasteiger partial charge in [-0.3, -0.25) is 14.2 Å². The zero-order valence-corrected chi connectivity index (χ0v) is 15.0. The molecule has 3 rings (SSSR count). The van der Waals surface area contributed by atoms with Crippen LogP contribution in [-0.4, -0.2) is 31.2 Å². The molecule has 0 saturated heterocycles. The number of hydrogen-bond acceptors (Lipinski definition) is 6. The first-order valence-electron chi connectivity index (χ1n) is 7.89. The van der Waals surface area contributed by atoms with Gasteiger partial charge in [-0.1, -0.05) is 24.8 Å². The predicted molar refractivity (Wildman–Crippen MR) is 97.8 cm³/mol. The van der Waals surface area contributed by atoms with Crippen LogP contribution >= 0.6 is 11.8 Å². The molecule has 0 unspecified atom stereocenters. The van der Waals surface area contributed by atoms with Crippen LogP contribution in [0.25, 0.3) is 11.0 Å². The van der Waals surface area contributed by atoms with Gasteiger partial charge in [-0.25, -0.2) is 19.3 Å². The van der Waals surface area contributed by atoms with Crippen molar-refractivity contribution in [3.05, 3.63) is 52.5 Å². The molecule has 0 atom stereocenters. The minimum atomic E-state index is -0.462. The van der Waals surface area contributed by atoms with Crippen LogP contribution in [0.5, 0.6) is 0 Å². The second-order valence-electron chi connectivity index (χ2n) is 5.51. The van der Waals surface area contributed by atoms with Gasteiger partial charge in [0, 0.05) is 11.9 Å². The predicted octanol–water partition coefficient (Wildman–Crippen LogP) is 2.38. The van der Waals surface area contributed by atoms with Crippen molar-refractivity contribution in [1.82, 2.24) is 19.5 Å². The molecule has 0 spiro atoms. The van der Waals surface area contributed by atoms with Gasteiger partial charge in [0.15, 0.2) is 10.8 Å². The van der Waals surface area contributed by atoms with Crippen LogP contribution in [0.1, 0.15) is 12.5 Å². The second-order valence-corrected chi connectivity index (χ2v) is 6.74. The lowest BCUT2D eigenvalue weighted by Crippen LogP contribution is -2.28. The molecule has 2 aromatic heterocycles. The minimum absolute atomic E-state index is 0.238. The summed E-state index contributed by atoms with van der Waals surface area (Å²) in [7, 11) is 0. The highest BCUT2D eigenvalue weighted by Crippen LogP contribution is 2.14. The first-order valence-corrected chi connectivity index (χ1v) is 8.87. The van der Waals surface area contributed by atoms with Crippen LogP contribution in [0, 0.1) is 12.7 Å². The molecule has 9 heteroatoms. The number of carbonyl (C=O) groups is 1. The Bertz CT molecular complexity index is 1040. The van der Waals surface area contributed by atoms with Crippen molar-refractivity contribution < 1.29 is 9.18 Å². The Hall–Kier alpha value is -2.81. The number of nitrogens with one attached hydrogen (secondary N) is 1. The number of hydrogen-bond donors (Lipinski definition) is 1. The quantitative estimate of drug-likeness (QED) is 0.546. The number of anilines is 1. The summed E-state index contributed by atoms with van der Waals surface area (Å²) in [5.74, 6) is -0.0664. The Kier molecular flexibility index (Phi) is 5.27. The van der Waals surface area contributed by atoms with Gasteiger partial charge in [0.2, 0.25) is 5.91 Å². The molecule has 1 amide bonds. The van der Waals surface area contributed by atoms with E-state index in [9.17, 15) is 14.0 Å². The Labute approximate surface area is 152 Å². The average molecular weight is 373 g/mol. The minimum Gasteiger partial charge on any atom is -0.324 e. The highest BCUT2D eigenvalue weighted by Gasteiger charge is 2.11. The van der Waals surface area contributed by atoms with Crippen molar-refractivity contribution in [2.45, 2.75) is 25.5 Å². The normalized spacial score (nSPS) is 10.9. The highest BCUT2D eigenvalue weighted by atomic mass is 32.2. The standard InChI is InChI=1S/C17H16FN5O2S/c1-3-26-17-19-7-12-15(22-17)20-9-23(16(12)25)8-14(24)21-11-5-4-10(2)13(18)6-11/h4-7,9H,3,8H2,1-2H3,(H,21,24). The number of amides is 1. The lowest BCUT2D eigenvalue weighted by atomic mass is 10.2. The smallest absolute Gasteiger partial charge is 0.264 e. The van der Waals surface area contributed by atoms with Gasteiger partial charge in [0.1, 0.15) is 24.1 Å². The van der Waals surface area contributed by atoms with Crippen molar-refractivity contribution in [3.8, 4) is 0 Å². The lowest BCUT2D eigenvalue weighted by Gasteiger charge is -2.08. The van der Waals surface area contributed by atoms with Crippen molar-refractivity contribution >= 4 is 34.4 Å². The fraction of sp³-hybridized carbons (Fsp3) is 0.235. The van der Waals surface area contributed by atoms with Crippen LogP contribution in [0.4, 0.5) is 10.1 Å². The maximum atomic E-state index is 13.6. The number of aryl methyl sites for hydroxylation is 1. The molecule has 1 aromatic carbocycles. The van der Waals surface area contributed by atoms with Gasteiger partial charge in [-0.05, 0) is 30.4 Å². The molecule has 134 valence electrons. The van der Waals surface area contributed by atoms with Crippen molar-refractivity contribution in [1.29, 1.82) is 0 Å². The van der Waals surface area contributed by atoms with E-state index in [0.717, 1.165) is 10.3 Å². The summed E-state index contributed by atoms with van der Waals surface area (Å²) in [5, 5.41) is 3.34. The Balaban J connectivity index is 1.80. The summed E-state index contributed by atoms with van der Waals surface area (Å²) in [5.41, 5.74) is 0.689. The maximum Gasteiger partial charge on any atom is 0.264 e. The summed E-state index contributed by atoms with van der Waals surface area (Å²) in [4.78, 5) is 37.1. The number of aromatic nitrogens is 4. The number of benzene rings is 1. The molecule has 7 nitrogen and oxygen atoms in total. The molecule has 1 N–H and O–H groups in total. The summed E-state index contributed by atoms with van der Waals surface area (Å²) in [6, 6.07) is 4.39. The summed E-state index contributed by atoms with van der Waals surface area (Å²) < 4.78 is 14.7. The maximum absolute atomic E-state index is 13.6. The fourth-order valence-electron chi connectivity index (χ4n) is 2.28. The molecular formula is C17H16FN5O2S. The van der Waals surface area contributed by atoms with E-state index in [4.69, 9.17) is 0 Å². The summed E-state index contributed by atoms with van der Waals surface area (Å²) >= 11 is 1.45. The molecule has 0 saturated carbocycles. The molecule has 0 fully saturated rings. The van der Waals surface area contributed by atoms with Gasteiger partial charge < -0.3 is 5.32 Å². The average Bonchev–Trinajstić information content (AvgIpc) is 2.61. The van der Waals surface area contributed by atoms with Gasteiger partial charge in [-0.15, -0.1) is 0 Å². The molecule has 2 heterocycles. The van der Waals surface area contributed by atoms with Crippen LogP contribution in [0.3, 0.4) is 0 Å². The second kappa shape index (κ2) is 7.61. The van der Waals surface area contributed by atoms with E-state index in [1.54, 1.807) is 19.1 Å². The Morgan fingerprint density at radius 2 is 2.15 bits per heavy atom. The third kappa shape index (κ3) is 3.88. The third-order valence-electron chi connectivity index (χ3n) is 3.60. The lowest BCUT2D eigenvalue weighted by molar-refractivity contribution is -0.116. The molecule has 26 heavy (non-hydrogen) atoms. The van der Waals surface area contributed by atoms with E-state index in [1.165, 1.54) is 30.4 Å². The number of nitrogens with zero attached hydrogens (tertiary/aromatic N) is 4.